The quantitative estimate of drug-likeness (QED) is 0.0287. The van der Waals surface area contributed by atoms with Crippen LogP contribution in [-0.2, 0) is 23.7 Å². The molecule has 0 aliphatic rings. The Hall–Kier alpha value is -11.4. The van der Waals surface area contributed by atoms with Gasteiger partial charge in [0.25, 0.3) is 11.4 Å². The Balaban J connectivity index is 0.000000239. The number of aromatic nitrogens is 9. The van der Waals surface area contributed by atoms with Crippen LogP contribution in [0.3, 0.4) is 0 Å². The van der Waals surface area contributed by atoms with Gasteiger partial charge in [0.15, 0.2) is 17.5 Å². The first kappa shape index (κ1) is 69.4. The van der Waals surface area contributed by atoms with Crippen molar-refractivity contribution in [2.24, 2.45) is 0 Å². The molecule has 470 valence electrons. The molecule has 0 aliphatic heterocycles. The van der Waals surface area contributed by atoms with Crippen molar-refractivity contribution in [1.82, 2.24) is 44.5 Å². The average Bonchev–Trinajstić information content (AvgIpc) is 1.73. The molecule has 31 heteroatoms. The first-order valence-electron chi connectivity index (χ1n) is 26.9. The van der Waals surface area contributed by atoms with E-state index in [2.05, 4.69) is 30.9 Å². The first-order chi connectivity index (χ1) is 42.2. The molecule has 0 saturated heterocycles. The number of fused-ring (bicyclic) bond motifs is 3. The maximum atomic E-state index is 13.0. The molecule has 90 heavy (non-hydrogen) atoms. The second kappa shape index (κ2) is 29.3. The Morgan fingerprint density at radius 1 is 0.500 bits per heavy atom. The number of nitro benzene ring substituents is 2. The molecule has 0 spiro atoms. The van der Waals surface area contributed by atoms with Gasteiger partial charge in [-0.25, -0.2) is 32.7 Å². The Bertz CT molecular complexity index is 4040. The van der Waals surface area contributed by atoms with Crippen LogP contribution in [0.4, 0.5) is 53.7 Å². The number of aliphatic hydroxyl groups is 2. The number of ether oxygens (including phenoxy) is 4. The molecule has 30 nitrogen and oxygen atoms in total. The number of nitrogen functional groups attached to an aromatic ring is 2. The van der Waals surface area contributed by atoms with E-state index in [0.29, 0.717) is 56.8 Å². The molecule has 0 bridgehead atoms. The number of non-ortho nitro benzene ring substituents is 2. The average molecular weight is 1240 g/mol. The van der Waals surface area contributed by atoms with Gasteiger partial charge < -0.3 is 35.5 Å². The third kappa shape index (κ3) is 18.5. The SMILES string of the molecule is CC(C)(C)OC(=O)N(C(=O)OC(C)(C)C)c1nnn2cccc(-c3ccc(N)cc3)c12.CC(C)(C)OC(=O)N(C(=O)OC(C)(C)C)c1nnn2cccc(-c3ccc([N+](=O)[O-])cc3)c12.CO.Nc1nnn2cccc(-c3ccc([N+](=O)[O-])cc3)c12.O=BC#CO. The molecule has 9 aromatic rings. The minimum absolute atomic E-state index is 0.0101. The summed E-state index contributed by atoms with van der Waals surface area (Å²) in [7, 11) is 1.32. The topological polar surface area (TPSA) is 398 Å². The fourth-order valence-corrected chi connectivity index (χ4v) is 7.78. The van der Waals surface area contributed by atoms with Gasteiger partial charge in [0.2, 0.25) is 0 Å². The first-order valence-corrected chi connectivity index (χ1v) is 26.9. The van der Waals surface area contributed by atoms with Gasteiger partial charge in [0.1, 0.15) is 39.0 Å². The summed E-state index contributed by atoms with van der Waals surface area (Å²) in [6.45, 7) is 20.3. The van der Waals surface area contributed by atoms with Crippen molar-refractivity contribution >= 4 is 82.6 Å². The standard InChI is InChI=1S/C22H25N5O6.C22H27N5O4.C12H9N5O2.C2HBO2.CH4O/c1-21(2,3)32-19(28)26(20(29)33-22(4,5)6)18-17-16(8-7-13-25(17)24-23-18)14-9-11-15(12-10-14)27(30)31;1-21(2,3)30-19(28)27(20(29)31-22(4,5)6)18-17-16(8-7-13-26(17)25-24-18)14-9-11-15(23)12-10-14;13-12-11-10(2-1-7-16(11)15-14-12)8-3-5-9(6-4-8)17(18)19;4-2-1-3-5;1-2/h7-13H,1-6H3;7-13H,23H2,1-6H3;1-7H,13H2;4H;2H,1H3. The summed E-state index contributed by atoms with van der Waals surface area (Å²) in [5.41, 5.74) is 14.6. The van der Waals surface area contributed by atoms with E-state index in [-0.39, 0.29) is 23.0 Å². The number of carbonyl (C=O) groups excluding carboxylic acids is 4. The van der Waals surface area contributed by atoms with Crippen molar-refractivity contribution in [3.05, 3.63) is 148 Å². The number of nitrogens with zero attached hydrogens (tertiary/aromatic N) is 13. The van der Waals surface area contributed by atoms with Gasteiger partial charge in [-0.2, -0.15) is 9.80 Å². The summed E-state index contributed by atoms with van der Waals surface area (Å²) in [4.78, 5) is 74.4. The van der Waals surface area contributed by atoms with E-state index in [4.69, 9.17) is 45.3 Å². The van der Waals surface area contributed by atoms with E-state index in [1.165, 1.54) is 39.4 Å². The number of hydrogen-bond acceptors (Lipinski definition) is 23. The predicted molar refractivity (Wildman–Crippen MR) is 332 cm³/mol. The van der Waals surface area contributed by atoms with Crippen molar-refractivity contribution in [1.29, 1.82) is 0 Å². The molecule has 9 rings (SSSR count). The van der Waals surface area contributed by atoms with E-state index in [1.807, 2.05) is 30.3 Å². The van der Waals surface area contributed by atoms with E-state index >= 15 is 0 Å². The zero-order valence-electron chi connectivity index (χ0n) is 51.4. The Kier molecular flexibility index (Phi) is 22.6. The molecule has 0 fully saturated rings. The van der Waals surface area contributed by atoms with Crippen LogP contribution in [0.15, 0.2) is 128 Å². The summed E-state index contributed by atoms with van der Waals surface area (Å²) in [5, 5.41) is 60.1. The third-order valence-corrected chi connectivity index (χ3v) is 11.2. The molecule has 6 heterocycles. The van der Waals surface area contributed by atoms with Crippen LogP contribution in [0.5, 0.6) is 0 Å². The van der Waals surface area contributed by atoms with Gasteiger partial charge in [0, 0.05) is 72.3 Å². The van der Waals surface area contributed by atoms with E-state index < -0.39 is 56.6 Å². The van der Waals surface area contributed by atoms with Crippen LogP contribution >= 0.6 is 0 Å². The van der Waals surface area contributed by atoms with Gasteiger partial charge in [-0.05, 0) is 154 Å². The zero-order chi connectivity index (χ0) is 67.1. The van der Waals surface area contributed by atoms with Crippen molar-refractivity contribution < 1.29 is 62.9 Å². The number of anilines is 4. The molecule has 0 radical (unpaired) electrons. The monoisotopic (exact) mass is 1240 g/mol. The number of nitrogens with two attached hydrogens (primary N) is 2. The molecule has 0 aliphatic carbocycles. The Morgan fingerprint density at radius 3 is 1.07 bits per heavy atom. The second-order valence-corrected chi connectivity index (χ2v) is 22.6. The molecule has 6 N–H and O–H groups in total. The van der Waals surface area contributed by atoms with Gasteiger partial charge in [-0.3, -0.25) is 20.2 Å². The molecule has 6 aromatic heterocycles. The van der Waals surface area contributed by atoms with Crippen LogP contribution in [0.25, 0.3) is 49.9 Å². The van der Waals surface area contributed by atoms with Crippen LogP contribution in [0.1, 0.15) is 83.1 Å². The number of nitro groups is 2. The molecule has 3 aromatic carbocycles. The number of hydrogen-bond donors (Lipinski definition) is 4. The van der Waals surface area contributed by atoms with Crippen molar-refractivity contribution in [3.8, 4) is 45.3 Å². The van der Waals surface area contributed by atoms with Crippen molar-refractivity contribution in [2.75, 3.05) is 28.4 Å². The molecule has 4 amide bonds. The second-order valence-electron chi connectivity index (χ2n) is 22.6. The normalized spacial score (nSPS) is 11.0. The maximum absolute atomic E-state index is 13.0. The van der Waals surface area contributed by atoms with E-state index in [0.717, 1.165) is 28.7 Å². The van der Waals surface area contributed by atoms with Crippen LogP contribution in [-0.4, -0.2) is 126 Å². The van der Waals surface area contributed by atoms with Crippen molar-refractivity contribution in [2.45, 2.75) is 105 Å². The number of carbonyl (C=O) groups is 4. The summed E-state index contributed by atoms with van der Waals surface area (Å²) in [5.74, 6) is 1.98. The summed E-state index contributed by atoms with van der Waals surface area (Å²) >= 11 is 0. The number of amides is 4. The molecule has 0 atom stereocenters. The predicted octanol–water partition coefficient (Wildman–Crippen LogP) is 10.5. The molecular weight excluding hydrogens is 1170 g/mol. The summed E-state index contributed by atoms with van der Waals surface area (Å²) in [6, 6.07) is 30.1. The van der Waals surface area contributed by atoms with E-state index in [1.54, 1.807) is 167 Å². The van der Waals surface area contributed by atoms with Gasteiger partial charge in [-0.15, -0.1) is 15.3 Å². The van der Waals surface area contributed by atoms with Gasteiger partial charge in [-0.1, -0.05) is 46.0 Å². The number of rotatable bonds is 7. The van der Waals surface area contributed by atoms with Crippen LogP contribution in [0.2, 0.25) is 0 Å². The molecular formula is C59H66BN15O15. The Labute approximate surface area is 515 Å². The van der Waals surface area contributed by atoms with Crippen LogP contribution < -0.4 is 21.3 Å². The number of benzene rings is 3. The Morgan fingerprint density at radius 2 is 0.789 bits per heavy atom. The zero-order valence-corrected chi connectivity index (χ0v) is 51.4. The van der Waals surface area contributed by atoms with Gasteiger partial charge in [0.05, 0.1) is 9.85 Å². The van der Waals surface area contributed by atoms with Crippen molar-refractivity contribution in [3.63, 3.8) is 0 Å². The third-order valence-electron chi connectivity index (χ3n) is 11.2. The van der Waals surface area contributed by atoms with E-state index in [9.17, 15) is 39.4 Å². The minimum atomic E-state index is -0.974. The molecule has 0 unspecified atom stereocenters. The van der Waals surface area contributed by atoms with Gasteiger partial charge >= 0.3 is 53.3 Å². The number of aliphatic hydroxyl groups excluding tert-OH is 2. The summed E-state index contributed by atoms with van der Waals surface area (Å²) in [6.07, 6.45) is 2.66. The number of pyridine rings is 3. The molecule has 0 saturated carbocycles. The number of imide groups is 2. The van der Waals surface area contributed by atoms with Crippen LogP contribution in [0, 0.1) is 32.2 Å². The fraction of sp³-hybridized carbons (Fsp3) is 0.288. The fourth-order valence-electron chi connectivity index (χ4n) is 7.78. The summed E-state index contributed by atoms with van der Waals surface area (Å²) < 4.78 is 35.3.